The molecule has 5 heteroatoms. The van der Waals surface area contributed by atoms with E-state index in [4.69, 9.17) is 4.42 Å². The summed E-state index contributed by atoms with van der Waals surface area (Å²) in [5.74, 6) is 1.39. The Balaban J connectivity index is 1.59. The number of aliphatic hydroxyl groups is 1. The van der Waals surface area contributed by atoms with Crippen LogP contribution in [-0.4, -0.2) is 28.8 Å². The largest absolute Gasteiger partial charge is 0.511 e. The van der Waals surface area contributed by atoms with Crippen LogP contribution in [0.25, 0.3) is 0 Å². The molecule has 5 nitrogen and oxygen atoms in total. The second-order valence-corrected chi connectivity index (χ2v) is 6.45. The molecule has 116 valence electrons. The highest BCUT2D eigenvalue weighted by Gasteiger charge is 2.38. The van der Waals surface area contributed by atoms with Crippen molar-refractivity contribution in [3.8, 4) is 0 Å². The summed E-state index contributed by atoms with van der Waals surface area (Å²) in [6.07, 6.45) is 6.96. The van der Waals surface area contributed by atoms with Gasteiger partial charge in [-0.2, -0.15) is 0 Å². The van der Waals surface area contributed by atoms with E-state index in [-0.39, 0.29) is 23.5 Å². The van der Waals surface area contributed by atoms with Crippen molar-refractivity contribution in [1.82, 2.24) is 5.32 Å². The first kappa shape index (κ1) is 13.6. The molecule has 0 bridgehead atoms. The topological polar surface area (TPSA) is 74.8 Å². The zero-order valence-corrected chi connectivity index (χ0v) is 12.4. The van der Waals surface area contributed by atoms with Crippen molar-refractivity contribution in [2.45, 2.75) is 56.5 Å². The third kappa shape index (κ3) is 2.25. The fourth-order valence-electron chi connectivity index (χ4n) is 3.84. The zero-order chi connectivity index (χ0) is 15.1. The fraction of sp³-hybridized carbons (Fsp3) is 0.529. The number of hydrogen-bond acceptors (Lipinski definition) is 5. The molecule has 0 aromatic carbocycles. The molecule has 0 spiro atoms. The number of nitrogens with one attached hydrogen (secondary N) is 1. The number of ketones is 1. The van der Waals surface area contributed by atoms with Gasteiger partial charge in [-0.05, 0) is 25.0 Å². The second kappa shape index (κ2) is 5.30. The minimum absolute atomic E-state index is 0.0463. The van der Waals surface area contributed by atoms with Crippen LogP contribution < -0.4 is 5.32 Å². The van der Waals surface area contributed by atoms with Crippen molar-refractivity contribution < 1.29 is 14.3 Å². The molecule has 3 atom stereocenters. The molecule has 22 heavy (non-hydrogen) atoms. The van der Waals surface area contributed by atoms with E-state index in [2.05, 4.69) is 10.3 Å². The molecule has 1 unspecified atom stereocenters. The summed E-state index contributed by atoms with van der Waals surface area (Å²) < 4.78 is 5.38. The first-order valence-electron chi connectivity index (χ1n) is 8.06. The van der Waals surface area contributed by atoms with E-state index in [1.807, 2.05) is 12.1 Å². The summed E-state index contributed by atoms with van der Waals surface area (Å²) in [4.78, 5) is 17.2. The molecular formula is C17H20N2O3. The third-order valence-electron chi connectivity index (χ3n) is 4.97. The first-order chi connectivity index (χ1) is 10.7. The van der Waals surface area contributed by atoms with Crippen LogP contribution in [0, 0.1) is 0 Å². The standard InChI is InChI=1S/C17H20N2O3/c20-13-8-10(15-6-3-7-22-15)9-14(21)16(13)17-18-11-4-1-2-5-12(11)19-17/h3,6-7,10-12,20H,1-2,4-5,8-9H2,(H,18,19)/t10?,11-,12-/m0/s1. The van der Waals surface area contributed by atoms with Gasteiger partial charge in [0.2, 0.25) is 0 Å². The number of amidine groups is 1. The van der Waals surface area contributed by atoms with Crippen molar-refractivity contribution in [2.24, 2.45) is 4.99 Å². The van der Waals surface area contributed by atoms with E-state index < -0.39 is 0 Å². The molecule has 0 amide bonds. The molecule has 1 fully saturated rings. The average Bonchev–Trinajstić information content (AvgIpc) is 3.16. The number of fused-ring (bicyclic) bond motifs is 1. The zero-order valence-electron chi connectivity index (χ0n) is 12.4. The quantitative estimate of drug-likeness (QED) is 0.880. The monoisotopic (exact) mass is 300 g/mol. The van der Waals surface area contributed by atoms with Crippen LogP contribution in [0.4, 0.5) is 0 Å². The lowest BCUT2D eigenvalue weighted by Gasteiger charge is -2.24. The van der Waals surface area contributed by atoms with Crippen molar-refractivity contribution >= 4 is 11.6 Å². The van der Waals surface area contributed by atoms with Gasteiger partial charge in [0, 0.05) is 24.8 Å². The predicted molar refractivity (Wildman–Crippen MR) is 82.0 cm³/mol. The molecule has 4 rings (SSSR count). The number of rotatable bonds is 2. The van der Waals surface area contributed by atoms with Crippen molar-refractivity contribution in [2.75, 3.05) is 0 Å². The lowest BCUT2D eigenvalue weighted by Crippen LogP contribution is -2.39. The van der Waals surface area contributed by atoms with E-state index in [0.29, 0.717) is 30.3 Å². The van der Waals surface area contributed by atoms with Gasteiger partial charge in [-0.3, -0.25) is 9.79 Å². The number of furan rings is 1. The summed E-state index contributed by atoms with van der Waals surface area (Å²) in [5.41, 5.74) is 0.400. The molecule has 2 N–H and O–H groups in total. The lowest BCUT2D eigenvalue weighted by atomic mass is 9.85. The molecular weight excluding hydrogens is 280 g/mol. The fourth-order valence-corrected chi connectivity index (χ4v) is 3.84. The Morgan fingerprint density at radius 1 is 1.27 bits per heavy atom. The molecule has 0 radical (unpaired) electrons. The Bertz CT molecular complexity index is 645. The van der Waals surface area contributed by atoms with E-state index in [0.717, 1.165) is 18.6 Å². The Morgan fingerprint density at radius 2 is 2.14 bits per heavy atom. The van der Waals surface area contributed by atoms with E-state index in [1.165, 1.54) is 12.8 Å². The first-order valence-corrected chi connectivity index (χ1v) is 8.06. The van der Waals surface area contributed by atoms with Crippen LogP contribution >= 0.6 is 0 Å². The molecule has 2 aliphatic carbocycles. The molecule has 0 saturated heterocycles. The van der Waals surface area contributed by atoms with E-state index in [9.17, 15) is 9.90 Å². The van der Waals surface area contributed by atoms with Gasteiger partial charge in [-0.25, -0.2) is 0 Å². The van der Waals surface area contributed by atoms with Crippen molar-refractivity contribution in [1.29, 1.82) is 0 Å². The molecule has 1 aromatic heterocycles. The minimum atomic E-state index is -0.0736. The second-order valence-electron chi connectivity index (χ2n) is 6.45. The van der Waals surface area contributed by atoms with Crippen LogP contribution in [0.15, 0.2) is 39.1 Å². The molecule has 2 heterocycles. The number of aliphatic hydroxyl groups excluding tert-OH is 1. The van der Waals surface area contributed by atoms with Crippen LogP contribution in [0.1, 0.15) is 50.2 Å². The average molecular weight is 300 g/mol. The van der Waals surface area contributed by atoms with Crippen LogP contribution in [0.2, 0.25) is 0 Å². The van der Waals surface area contributed by atoms with Crippen molar-refractivity contribution in [3.63, 3.8) is 0 Å². The van der Waals surface area contributed by atoms with Gasteiger partial charge < -0.3 is 14.8 Å². The maximum absolute atomic E-state index is 12.5. The van der Waals surface area contributed by atoms with Gasteiger partial charge in [-0.1, -0.05) is 12.8 Å². The van der Waals surface area contributed by atoms with Gasteiger partial charge in [-0.15, -0.1) is 0 Å². The number of carbonyl (C=O) groups excluding carboxylic acids is 1. The molecule has 3 aliphatic rings. The van der Waals surface area contributed by atoms with Gasteiger partial charge >= 0.3 is 0 Å². The Labute approximate surface area is 129 Å². The Kier molecular flexibility index (Phi) is 3.28. The third-order valence-corrected chi connectivity index (χ3v) is 4.97. The summed E-state index contributed by atoms with van der Waals surface area (Å²) in [7, 11) is 0. The number of hydrogen-bond donors (Lipinski definition) is 2. The maximum atomic E-state index is 12.5. The molecule has 1 aromatic rings. The summed E-state index contributed by atoms with van der Waals surface area (Å²) in [5, 5.41) is 13.8. The number of carbonyl (C=O) groups is 1. The highest BCUT2D eigenvalue weighted by Crippen LogP contribution is 2.35. The number of allylic oxidation sites excluding steroid dienone is 1. The van der Waals surface area contributed by atoms with Crippen LogP contribution in [0.5, 0.6) is 0 Å². The maximum Gasteiger partial charge on any atom is 0.170 e. The van der Waals surface area contributed by atoms with E-state index in [1.54, 1.807) is 6.26 Å². The normalized spacial score (nSPS) is 31.7. The van der Waals surface area contributed by atoms with Gasteiger partial charge in [0.15, 0.2) is 5.78 Å². The van der Waals surface area contributed by atoms with Crippen molar-refractivity contribution in [3.05, 3.63) is 35.5 Å². The minimum Gasteiger partial charge on any atom is -0.511 e. The Morgan fingerprint density at radius 3 is 2.86 bits per heavy atom. The summed E-state index contributed by atoms with van der Waals surface area (Å²) >= 11 is 0. The number of Topliss-reactive ketones (excluding diaryl/α,β-unsaturated/α-hetero) is 1. The highest BCUT2D eigenvalue weighted by atomic mass is 16.3. The predicted octanol–water partition coefficient (Wildman–Crippen LogP) is 2.85. The van der Waals surface area contributed by atoms with Crippen LogP contribution in [0.3, 0.4) is 0 Å². The highest BCUT2D eigenvalue weighted by molar-refractivity contribution is 6.23. The summed E-state index contributed by atoms with van der Waals surface area (Å²) in [6, 6.07) is 4.26. The van der Waals surface area contributed by atoms with Gasteiger partial charge in [0.05, 0.1) is 17.9 Å². The SMILES string of the molecule is O=C1CC(c2ccco2)CC(O)=C1C1=N[C@H]2CCCC[C@@H]2N1. The smallest absolute Gasteiger partial charge is 0.170 e. The molecule has 1 aliphatic heterocycles. The van der Waals surface area contributed by atoms with Gasteiger partial charge in [0.25, 0.3) is 0 Å². The van der Waals surface area contributed by atoms with Crippen LogP contribution in [-0.2, 0) is 4.79 Å². The van der Waals surface area contributed by atoms with Gasteiger partial charge in [0.1, 0.15) is 17.4 Å². The number of aliphatic imine (C=N–C) groups is 1. The number of nitrogens with zero attached hydrogens (tertiary/aromatic N) is 1. The summed E-state index contributed by atoms with van der Waals surface area (Å²) in [6.45, 7) is 0. The van der Waals surface area contributed by atoms with E-state index >= 15 is 0 Å². The molecule has 1 saturated carbocycles. The Hall–Kier alpha value is -2.04. The lowest BCUT2D eigenvalue weighted by molar-refractivity contribution is -0.116.